The molecule has 7 heteroatoms. The second-order valence-electron chi connectivity index (χ2n) is 6.54. The first kappa shape index (κ1) is 19.1. The maximum atomic E-state index is 6.15. The van der Waals surface area contributed by atoms with Crippen LogP contribution in [0.1, 0.15) is 31.1 Å². The number of guanidine groups is 1. The number of nitrogens with zero attached hydrogens (tertiary/aromatic N) is 2. The molecule has 1 unspecified atom stereocenters. The predicted octanol–water partition coefficient (Wildman–Crippen LogP) is 3.25. The summed E-state index contributed by atoms with van der Waals surface area (Å²) in [5, 5.41) is 3.11. The smallest absolute Gasteiger partial charge is 0.193 e. The number of hydrogen-bond acceptors (Lipinski definition) is 5. The van der Waals surface area contributed by atoms with Crippen molar-refractivity contribution >= 4 is 11.6 Å². The van der Waals surface area contributed by atoms with Crippen molar-refractivity contribution < 1.29 is 13.9 Å². The highest BCUT2D eigenvalue weighted by molar-refractivity contribution is 5.94. The molecule has 3 rings (SSSR count). The lowest BCUT2D eigenvalue weighted by molar-refractivity contribution is 0.150. The Morgan fingerprint density at radius 2 is 2.04 bits per heavy atom. The molecule has 27 heavy (non-hydrogen) atoms. The molecule has 2 heterocycles. The van der Waals surface area contributed by atoms with Crippen LogP contribution in [0.3, 0.4) is 0 Å². The van der Waals surface area contributed by atoms with Crippen molar-refractivity contribution in [2.45, 2.75) is 25.3 Å². The fraction of sp³-hybridized carbons (Fsp3) is 0.450. The molecular formula is C20H28N4O3. The van der Waals surface area contributed by atoms with E-state index >= 15 is 0 Å². The number of hydrogen-bond donors (Lipinski definition) is 2. The number of rotatable bonds is 7. The number of likely N-dealkylation sites (tertiary alicyclic amines) is 1. The fourth-order valence-corrected chi connectivity index (χ4v) is 3.37. The fourth-order valence-electron chi connectivity index (χ4n) is 3.37. The number of nitrogens with two attached hydrogens (primary N) is 1. The molecule has 0 bridgehead atoms. The van der Waals surface area contributed by atoms with E-state index in [4.69, 9.17) is 19.6 Å². The van der Waals surface area contributed by atoms with Gasteiger partial charge in [-0.15, -0.1) is 0 Å². The van der Waals surface area contributed by atoms with Gasteiger partial charge in [0.2, 0.25) is 0 Å². The van der Waals surface area contributed by atoms with Crippen LogP contribution in [0.2, 0.25) is 0 Å². The van der Waals surface area contributed by atoms with Crippen LogP contribution >= 0.6 is 0 Å². The zero-order valence-corrected chi connectivity index (χ0v) is 16.0. The van der Waals surface area contributed by atoms with E-state index in [0.29, 0.717) is 29.7 Å². The molecule has 1 fully saturated rings. The van der Waals surface area contributed by atoms with E-state index in [1.807, 2.05) is 30.3 Å². The molecule has 1 aromatic heterocycles. The normalized spacial score (nSPS) is 16.7. The highest BCUT2D eigenvalue weighted by atomic mass is 16.5. The van der Waals surface area contributed by atoms with Crippen LogP contribution in [0.15, 0.2) is 46.0 Å². The molecule has 0 radical (unpaired) electrons. The van der Waals surface area contributed by atoms with Crippen LogP contribution in [0.5, 0.6) is 11.5 Å². The van der Waals surface area contributed by atoms with Crippen molar-refractivity contribution in [1.29, 1.82) is 0 Å². The first-order chi connectivity index (χ1) is 13.2. The van der Waals surface area contributed by atoms with Gasteiger partial charge in [0.1, 0.15) is 17.3 Å². The maximum Gasteiger partial charge on any atom is 0.193 e. The standard InChI is InChI=1S/C20H28N4O3/c1-25-15-8-9-18(26-2)16(13-15)23-20(21)22-14-17(19-7-6-12-27-19)24-10-4-3-5-11-24/h6-9,12-13,17H,3-5,10-11,14H2,1-2H3,(H3,21,22,23). The third kappa shape index (κ3) is 4.95. The summed E-state index contributed by atoms with van der Waals surface area (Å²) in [6.07, 6.45) is 5.40. The quantitative estimate of drug-likeness (QED) is 0.573. The lowest BCUT2D eigenvalue weighted by Gasteiger charge is -2.32. The Balaban J connectivity index is 1.72. The summed E-state index contributed by atoms with van der Waals surface area (Å²) in [4.78, 5) is 6.99. The molecule has 7 nitrogen and oxygen atoms in total. The number of methoxy groups -OCH3 is 2. The molecular weight excluding hydrogens is 344 g/mol. The van der Waals surface area contributed by atoms with Gasteiger partial charge in [-0.2, -0.15) is 0 Å². The molecule has 0 spiro atoms. The molecule has 2 aromatic rings. The van der Waals surface area contributed by atoms with E-state index in [2.05, 4.69) is 15.2 Å². The lowest BCUT2D eigenvalue weighted by atomic mass is 10.1. The number of benzene rings is 1. The zero-order chi connectivity index (χ0) is 19.1. The summed E-state index contributed by atoms with van der Waals surface area (Å²) in [6.45, 7) is 2.63. The number of piperidine rings is 1. The van der Waals surface area contributed by atoms with E-state index in [1.165, 1.54) is 19.3 Å². The van der Waals surface area contributed by atoms with E-state index in [1.54, 1.807) is 20.5 Å². The largest absolute Gasteiger partial charge is 0.497 e. The molecule has 1 aliphatic rings. The Hall–Kier alpha value is -2.67. The Labute approximate surface area is 160 Å². The molecule has 3 N–H and O–H groups in total. The van der Waals surface area contributed by atoms with Crippen LogP contribution in [0.25, 0.3) is 0 Å². The minimum Gasteiger partial charge on any atom is -0.497 e. The molecule has 1 aromatic carbocycles. The van der Waals surface area contributed by atoms with Gasteiger partial charge in [-0.3, -0.25) is 9.89 Å². The van der Waals surface area contributed by atoms with Crippen molar-refractivity contribution in [2.24, 2.45) is 10.7 Å². The van der Waals surface area contributed by atoms with Crippen LogP contribution in [-0.2, 0) is 0 Å². The van der Waals surface area contributed by atoms with Gasteiger partial charge in [-0.25, -0.2) is 0 Å². The molecule has 146 valence electrons. The van der Waals surface area contributed by atoms with E-state index in [-0.39, 0.29) is 6.04 Å². The van der Waals surface area contributed by atoms with Gasteiger partial charge in [-0.1, -0.05) is 6.42 Å². The van der Waals surface area contributed by atoms with Crippen molar-refractivity contribution in [3.05, 3.63) is 42.4 Å². The highest BCUT2D eigenvalue weighted by Crippen LogP contribution is 2.29. The minimum atomic E-state index is 0.0906. The van der Waals surface area contributed by atoms with Crippen molar-refractivity contribution in [2.75, 3.05) is 39.2 Å². The summed E-state index contributed by atoms with van der Waals surface area (Å²) in [5.41, 5.74) is 6.86. The Bertz CT molecular complexity index is 740. The number of aliphatic imine (C=N–C) groups is 1. The van der Waals surface area contributed by atoms with Crippen LogP contribution in [-0.4, -0.2) is 44.7 Å². The van der Waals surface area contributed by atoms with Gasteiger partial charge < -0.3 is 24.9 Å². The van der Waals surface area contributed by atoms with Crippen molar-refractivity contribution in [3.63, 3.8) is 0 Å². The zero-order valence-electron chi connectivity index (χ0n) is 16.0. The Morgan fingerprint density at radius 1 is 1.22 bits per heavy atom. The van der Waals surface area contributed by atoms with E-state index in [9.17, 15) is 0 Å². The van der Waals surface area contributed by atoms with Gasteiger partial charge in [-0.05, 0) is 50.2 Å². The first-order valence-electron chi connectivity index (χ1n) is 9.27. The lowest BCUT2D eigenvalue weighted by Crippen LogP contribution is -2.36. The number of furan rings is 1. The summed E-state index contributed by atoms with van der Waals surface area (Å²) in [6, 6.07) is 9.50. The topological polar surface area (TPSA) is 85.2 Å². The van der Waals surface area contributed by atoms with Gasteiger partial charge in [0.25, 0.3) is 0 Å². The van der Waals surface area contributed by atoms with Gasteiger partial charge in [0.15, 0.2) is 5.96 Å². The van der Waals surface area contributed by atoms with E-state index < -0.39 is 0 Å². The monoisotopic (exact) mass is 372 g/mol. The SMILES string of the molecule is COc1ccc(OC)c(NC(N)=NCC(c2ccco2)N2CCCCC2)c1. The van der Waals surface area contributed by atoms with Crippen LogP contribution < -0.4 is 20.5 Å². The molecule has 1 atom stereocenters. The maximum absolute atomic E-state index is 6.15. The molecule has 1 aliphatic heterocycles. The second-order valence-corrected chi connectivity index (χ2v) is 6.54. The molecule has 0 amide bonds. The van der Waals surface area contributed by atoms with E-state index in [0.717, 1.165) is 18.8 Å². The number of anilines is 1. The number of nitrogens with one attached hydrogen (secondary N) is 1. The van der Waals surface area contributed by atoms with Crippen LogP contribution in [0.4, 0.5) is 5.69 Å². The summed E-state index contributed by atoms with van der Waals surface area (Å²) >= 11 is 0. The van der Waals surface area contributed by atoms with Gasteiger partial charge in [0, 0.05) is 6.07 Å². The highest BCUT2D eigenvalue weighted by Gasteiger charge is 2.24. The van der Waals surface area contributed by atoms with Gasteiger partial charge >= 0.3 is 0 Å². The Kier molecular flexibility index (Phi) is 6.59. The van der Waals surface area contributed by atoms with Crippen molar-refractivity contribution in [3.8, 4) is 11.5 Å². The summed E-state index contributed by atoms with van der Waals surface area (Å²) < 4.78 is 16.3. The predicted molar refractivity (Wildman–Crippen MR) is 107 cm³/mol. The third-order valence-corrected chi connectivity index (χ3v) is 4.81. The number of ether oxygens (including phenoxy) is 2. The average Bonchev–Trinajstić information content (AvgIpc) is 3.23. The molecule has 1 saturated heterocycles. The minimum absolute atomic E-state index is 0.0906. The first-order valence-corrected chi connectivity index (χ1v) is 9.27. The van der Waals surface area contributed by atoms with Crippen molar-refractivity contribution in [1.82, 2.24) is 4.90 Å². The Morgan fingerprint density at radius 3 is 2.70 bits per heavy atom. The van der Waals surface area contributed by atoms with Crippen LogP contribution in [0, 0.1) is 0 Å². The van der Waals surface area contributed by atoms with Gasteiger partial charge in [0.05, 0.1) is 38.8 Å². The molecule has 0 saturated carbocycles. The summed E-state index contributed by atoms with van der Waals surface area (Å²) in [5.74, 6) is 2.64. The third-order valence-electron chi connectivity index (χ3n) is 4.81. The summed E-state index contributed by atoms with van der Waals surface area (Å²) in [7, 11) is 3.24. The average molecular weight is 372 g/mol. The molecule has 0 aliphatic carbocycles. The second kappa shape index (κ2) is 9.32.